The van der Waals surface area contributed by atoms with Crippen LogP contribution in [0.1, 0.15) is 130 Å². The van der Waals surface area contributed by atoms with Crippen molar-refractivity contribution in [2.75, 3.05) is 32.7 Å². The van der Waals surface area contributed by atoms with Crippen molar-refractivity contribution in [2.24, 2.45) is 40.7 Å². The maximum absolute atomic E-state index is 14.3. The van der Waals surface area contributed by atoms with Gasteiger partial charge in [0, 0.05) is 38.3 Å². The molecule has 1 aromatic carbocycles. The van der Waals surface area contributed by atoms with E-state index in [1.54, 1.807) is 30.3 Å². The molecule has 22 heteroatoms. The summed E-state index contributed by atoms with van der Waals surface area (Å²) in [6.45, 7) is 8.63. The third-order valence-corrected chi connectivity index (χ3v) is 12.5. The van der Waals surface area contributed by atoms with Crippen LogP contribution in [0.15, 0.2) is 30.3 Å². The maximum atomic E-state index is 14.3. The highest BCUT2D eigenvalue weighted by molar-refractivity contribution is 5.98. The number of hydrogen-bond acceptors (Lipinski definition) is 14. The van der Waals surface area contributed by atoms with Gasteiger partial charge in [0.15, 0.2) is 0 Å². The van der Waals surface area contributed by atoms with E-state index in [0.717, 1.165) is 32.1 Å². The lowest BCUT2D eigenvalue weighted by molar-refractivity contribution is -0.136. The van der Waals surface area contributed by atoms with Gasteiger partial charge in [0.1, 0.15) is 48.1 Å². The Hall–Kier alpha value is -5.55. The first-order chi connectivity index (χ1) is 34.8. The van der Waals surface area contributed by atoms with E-state index in [9.17, 15) is 48.3 Å². The van der Waals surface area contributed by atoms with Gasteiger partial charge in [-0.15, -0.1) is 0 Å². The Morgan fingerprint density at radius 1 is 0.603 bits per heavy atom. The van der Waals surface area contributed by atoms with Gasteiger partial charge in [-0.25, -0.2) is 0 Å². The van der Waals surface area contributed by atoms with Crippen LogP contribution in [-0.2, 0) is 49.6 Å². The molecule has 1 aliphatic heterocycles. The van der Waals surface area contributed by atoms with Crippen LogP contribution in [0.3, 0.4) is 0 Å². The Balaban J connectivity index is 2.65. The molecule has 1 aliphatic rings. The second kappa shape index (κ2) is 34.8. The first-order valence-electron chi connectivity index (χ1n) is 26.2. The minimum absolute atomic E-state index is 0.0152. The van der Waals surface area contributed by atoms with Gasteiger partial charge < -0.3 is 70.6 Å². The number of ketones is 1. The SMILES string of the molecule is CCCCCCC[C@@H](O)CC(=O)C[C@H](CCN)C(=O)N[C@H]1CCNC(=O)[C@H](CC(C)C)NC(=O)[C@H](CCN)NC(=O)[C@H](CCN)NC(=O)[C@H](CC(C)C)NC(=O)[C@@H](Cc2ccccc2)NC(=O)[C@H](CN)NC1=O. The normalized spacial score (nSPS) is 23.2. The topological polar surface area (TPSA) is 374 Å². The van der Waals surface area contributed by atoms with Crippen LogP contribution >= 0.6 is 0 Å². The number of aliphatic hydroxyl groups excluding tert-OH is 1. The van der Waals surface area contributed by atoms with E-state index in [1.807, 2.05) is 27.7 Å². The van der Waals surface area contributed by atoms with Gasteiger partial charge in [-0.2, -0.15) is 0 Å². The summed E-state index contributed by atoms with van der Waals surface area (Å²) in [7, 11) is 0. The van der Waals surface area contributed by atoms with Crippen LogP contribution in [0, 0.1) is 17.8 Å². The first kappa shape index (κ1) is 63.6. The molecule has 0 saturated carbocycles. The number of carbonyl (C=O) groups is 9. The van der Waals surface area contributed by atoms with Crippen molar-refractivity contribution >= 4 is 53.0 Å². The van der Waals surface area contributed by atoms with Crippen molar-refractivity contribution in [3.05, 3.63) is 35.9 Å². The maximum Gasteiger partial charge on any atom is 0.244 e. The molecule has 0 radical (unpaired) electrons. The average Bonchev–Trinajstić information content (AvgIpc) is 3.33. The van der Waals surface area contributed by atoms with Gasteiger partial charge in [0.05, 0.1) is 6.10 Å². The minimum atomic E-state index is -1.48. The highest BCUT2D eigenvalue weighted by Gasteiger charge is 2.35. The van der Waals surface area contributed by atoms with Crippen LogP contribution in [-0.4, -0.2) is 139 Å². The molecule has 0 spiro atoms. The van der Waals surface area contributed by atoms with E-state index in [-0.39, 0.29) is 102 Å². The van der Waals surface area contributed by atoms with Gasteiger partial charge in [-0.1, -0.05) is 97.1 Å². The van der Waals surface area contributed by atoms with E-state index in [0.29, 0.717) is 12.0 Å². The standard InChI is InChI=1S/C51H88N12O10/c1-6-7-8-9-13-16-35(64)29-36(65)28-34(17-21-52)44(66)57-39-20-24-56-45(67)40(25-31(2)3)60-47(69)38(19-23-54)58-46(68)37(18-22-53)59-49(71)41(26-32(4)5)61-50(72)42(27-33-14-11-10-12-15-33)62-51(73)43(30-55)63-48(39)70/h10-12,14-15,31-32,34-35,37-43,64H,6-9,13,16-30,52-55H2,1-5H3,(H,56,67)(H,57,66)(H,58,68)(H,59,71)(H,60,69)(H,61,72)(H,62,73)(H,63,70)/t34-,35+,37-,38-,39-,40-,41-,42+,43-/m0/s1. The lowest BCUT2D eigenvalue weighted by Crippen LogP contribution is -2.61. The van der Waals surface area contributed by atoms with E-state index in [2.05, 4.69) is 49.5 Å². The van der Waals surface area contributed by atoms with Crippen LogP contribution < -0.4 is 65.5 Å². The summed E-state index contributed by atoms with van der Waals surface area (Å²) in [4.78, 5) is 126. The van der Waals surface area contributed by atoms with Crippen LogP contribution in [0.5, 0.6) is 0 Å². The summed E-state index contributed by atoms with van der Waals surface area (Å²) in [6, 6.07) is -0.412. The third kappa shape index (κ3) is 24.4. The fraction of sp³-hybridized carbons (Fsp3) is 0.706. The molecule has 412 valence electrons. The summed E-state index contributed by atoms with van der Waals surface area (Å²) < 4.78 is 0. The van der Waals surface area contributed by atoms with E-state index in [1.165, 1.54) is 0 Å². The fourth-order valence-electron chi connectivity index (χ4n) is 8.46. The zero-order chi connectivity index (χ0) is 54.5. The van der Waals surface area contributed by atoms with Crippen molar-refractivity contribution in [1.82, 2.24) is 42.5 Å². The molecule has 0 aromatic heterocycles. The number of rotatable bonds is 25. The van der Waals surface area contributed by atoms with Crippen LogP contribution in [0.25, 0.3) is 0 Å². The highest BCUT2D eigenvalue weighted by atomic mass is 16.3. The lowest BCUT2D eigenvalue weighted by atomic mass is 9.93. The first-order valence-corrected chi connectivity index (χ1v) is 26.2. The van der Waals surface area contributed by atoms with Crippen molar-refractivity contribution in [3.63, 3.8) is 0 Å². The number of nitrogens with one attached hydrogen (secondary N) is 8. The molecule has 17 N–H and O–H groups in total. The van der Waals surface area contributed by atoms with E-state index < -0.39 is 108 Å². The molecule has 0 unspecified atom stereocenters. The van der Waals surface area contributed by atoms with Gasteiger partial charge in [0.2, 0.25) is 47.3 Å². The predicted octanol–water partition coefficient (Wildman–Crippen LogP) is -1.07. The molecule has 1 heterocycles. The highest BCUT2D eigenvalue weighted by Crippen LogP contribution is 2.16. The van der Waals surface area contributed by atoms with Gasteiger partial charge in [-0.05, 0) is 82.0 Å². The molecule has 22 nitrogen and oxygen atoms in total. The summed E-state index contributed by atoms with van der Waals surface area (Å²) in [6.07, 6.45) is 3.87. The molecule has 1 fully saturated rings. The summed E-state index contributed by atoms with van der Waals surface area (Å²) in [5.41, 5.74) is 24.4. The second-order valence-electron chi connectivity index (χ2n) is 19.9. The number of carbonyl (C=O) groups excluding carboxylic acids is 9. The summed E-state index contributed by atoms with van der Waals surface area (Å²) >= 11 is 0. The summed E-state index contributed by atoms with van der Waals surface area (Å²) in [5.74, 6) is -7.77. The number of nitrogens with two attached hydrogens (primary N) is 4. The molecule has 1 aromatic rings. The Bertz CT molecular complexity index is 1910. The number of hydrogen-bond donors (Lipinski definition) is 13. The molecular weight excluding hydrogens is 941 g/mol. The van der Waals surface area contributed by atoms with Gasteiger partial charge in [-0.3, -0.25) is 43.2 Å². The molecular formula is C51H88N12O10. The smallest absolute Gasteiger partial charge is 0.244 e. The zero-order valence-electron chi connectivity index (χ0n) is 43.8. The average molecular weight is 1030 g/mol. The third-order valence-electron chi connectivity index (χ3n) is 12.5. The Kier molecular flexibility index (Phi) is 30.3. The number of aliphatic hydroxyl groups is 1. The second-order valence-corrected chi connectivity index (χ2v) is 19.9. The zero-order valence-corrected chi connectivity index (χ0v) is 43.8. The number of amides is 8. The molecule has 0 aliphatic carbocycles. The largest absolute Gasteiger partial charge is 0.393 e. The molecule has 9 atom stereocenters. The lowest BCUT2D eigenvalue weighted by Gasteiger charge is -2.28. The fourth-order valence-corrected chi connectivity index (χ4v) is 8.46. The van der Waals surface area contributed by atoms with Gasteiger partial charge in [0.25, 0.3) is 0 Å². The number of unbranched alkanes of at least 4 members (excludes halogenated alkanes) is 4. The van der Waals surface area contributed by atoms with Crippen LogP contribution in [0.4, 0.5) is 0 Å². The number of benzene rings is 1. The molecule has 8 amide bonds. The van der Waals surface area contributed by atoms with Crippen molar-refractivity contribution < 1.29 is 48.3 Å². The van der Waals surface area contributed by atoms with Crippen LogP contribution in [0.2, 0.25) is 0 Å². The summed E-state index contributed by atoms with van der Waals surface area (Å²) in [5, 5.41) is 32.0. The van der Waals surface area contributed by atoms with Crippen molar-refractivity contribution in [2.45, 2.75) is 179 Å². The molecule has 1 saturated heterocycles. The predicted molar refractivity (Wildman–Crippen MR) is 277 cm³/mol. The Morgan fingerprint density at radius 2 is 1.10 bits per heavy atom. The Morgan fingerprint density at radius 3 is 1.63 bits per heavy atom. The molecule has 0 bridgehead atoms. The van der Waals surface area contributed by atoms with E-state index >= 15 is 0 Å². The quantitative estimate of drug-likeness (QED) is 0.0519. The van der Waals surface area contributed by atoms with Crippen molar-refractivity contribution in [3.8, 4) is 0 Å². The minimum Gasteiger partial charge on any atom is -0.393 e. The van der Waals surface area contributed by atoms with Gasteiger partial charge >= 0.3 is 0 Å². The van der Waals surface area contributed by atoms with E-state index in [4.69, 9.17) is 22.9 Å². The Labute approximate surface area is 431 Å². The number of Topliss-reactive ketones (excluding diaryl/α,β-unsaturated/α-hetero) is 1. The molecule has 73 heavy (non-hydrogen) atoms. The monoisotopic (exact) mass is 1030 g/mol. The molecule has 2 rings (SSSR count). The van der Waals surface area contributed by atoms with Crippen molar-refractivity contribution in [1.29, 1.82) is 0 Å².